The van der Waals surface area contributed by atoms with Crippen molar-refractivity contribution >= 4 is 5.91 Å². The lowest BCUT2D eigenvalue weighted by Gasteiger charge is -2.36. The van der Waals surface area contributed by atoms with Crippen LogP contribution in [0.3, 0.4) is 0 Å². The highest BCUT2D eigenvalue weighted by atomic mass is 19.1. The smallest absolute Gasteiger partial charge is 0.256 e. The van der Waals surface area contributed by atoms with Gasteiger partial charge in [-0.25, -0.2) is 4.39 Å². The second-order valence-electron chi connectivity index (χ2n) is 8.43. The topological polar surface area (TPSA) is 41.6 Å². The van der Waals surface area contributed by atoms with Gasteiger partial charge in [-0.1, -0.05) is 12.1 Å². The van der Waals surface area contributed by atoms with Gasteiger partial charge in [0.1, 0.15) is 5.82 Å². The number of nitrogens with one attached hydrogen (secondary N) is 1. The highest BCUT2D eigenvalue weighted by Gasteiger charge is 2.46. The maximum absolute atomic E-state index is 13.8. The molecule has 25 heavy (non-hydrogen) atoms. The van der Waals surface area contributed by atoms with Crippen LogP contribution < -0.4 is 5.32 Å². The van der Waals surface area contributed by atoms with Crippen molar-refractivity contribution in [2.24, 2.45) is 0 Å². The summed E-state index contributed by atoms with van der Waals surface area (Å²) in [4.78, 5) is 14.3. The molecule has 3 rings (SSSR count). The lowest BCUT2D eigenvalue weighted by molar-refractivity contribution is -0.0708. The molecular formula is C20H29FN2O2. The molecule has 1 N–H and O–H groups in total. The van der Waals surface area contributed by atoms with Crippen LogP contribution in [0.5, 0.6) is 0 Å². The average Bonchev–Trinajstić information content (AvgIpc) is 2.75. The maximum Gasteiger partial charge on any atom is 0.256 e. The lowest BCUT2D eigenvalue weighted by Crippen LogP contribution is -2.52. The van der Waals surface area contributed by atoms with Gasteiger partial charge < -0.3 is 15.0 Å². The zero-order valence-corrected chi connectivity index (χ0v) is 15.6. The molecule has 1 atom stereocenters. The van der Waals surface area contributed by atoms with E-state index >= 15 is 0 Å². The molecule has 0 saturated carbocycles. The summed E-state index contributed by atoms with van der Waals surface area (Å²) in [6, 6.07) is 6.88. The number of likely N-dealkylation sites (tertiary alicyclic amines) is 1. The highest BCUT2D eigenvalue weighted by Crippen LogP contribution is 2.37. The van der Waals surface area contributed by atoms with Crippen molar-refractivity contribution in [1.82, 2.24) is 10.2 Å². The monoisotopic (exact) mass is 348 g/mol. The molecule has 2 saturated heterocycles. The summed E-state index contributed by atoms with van der Waals surface area (Å²) >= 11 is 0. The van der Waals surface area contributed by atoms with Crippen LogP contribution in [-0.2, 0) is 4.74 Å². The van der Waals surface area contributed by atoms with E-state index in [1.807, 2.05) is 0 Å². The number of benzene rings is 1. The zero-order chi connectivity index (χ0) is 18.2. The van der Waals surface area contributed by atoms with Crippen molar-refractivity contribution in [3.63, 3.8) is 0 Å². The number of rotatable bonds is 3. The fourth-order valence-corrected chi connectivity index (χ4v) is 4.16. The van der Waals surface area contributed by atoms with E-state index in [1.54, 1.807) is 23.1 Å². The van der Waals surface area contributed by atoms with E-state index in [9.17, 15) is 9.18 Å². The fraction of sp³-hybridized carbons (Fsp3) is 0.650. The molecular weight excluding hydrogens is 319 g/mol. The maximum atomic E-state index is 13.8. The van der Waals surface area contributed by atoms with E-state index in [0.717, 1.165) is 19.3 Å². The van der Waals surface area contributed by atoms with Gasteiger partial charge in [-0.3, -0.25) is 4.79 Å². The number of hydrogen-bond acceptors (Lipinski definition) is 3. The lowest BCUT2D eigenvalue weighted by atomic mass is 9.92. The molecule has 1 amide bonds. The minimum atomic E-state index is -0.445. The van der Waals surface area contributed by atoms with Gasteiger partial charge in [-0.2, -0.15) is 0 Å². The van der Waals surface area contributed by atoms with Gasteiger partial charge in [-0.05, 0) is 59.1 Å². The fourth-order valence-electron chi connectivity index (χ4n) is 4.16. The van der Waals surface area contributed by atoms with E-state index < -0.39 is 5.82 Å². The van der Waals surface area contributed by atoms with Gasteiger partial charge in [0.15, 0.2) is 0 Å². The summed E-state index contributed by atoms with van der Waals surface area (Å²) in [6.07, 6.45) is 2.74. The number of halogens is 1. The number of amides is 1. The Labute approximate surface area is 149 Å². The molecule has 0 spiro atoms. The van der Waals surface area contributed by atoms with E-state index in [2.05, 4.69) is 33.0 Å². The van der Waals surface area contributed by atoms with Gasteiger partial charge in [-0.15, -0.1) is 0 Å². The van der Waals surface area contributed by atoms with Gasteiger partial charge in [0.25, 0.3) is 5.91 Å². The van der Waals surface area contributed by atoms with Crippen LogP contribution in [0.25, 0.3) is 0 Å². The van der Waals surface area contributed by atoms with E-state index in [4.69, 9.17) is 4.74 Å². The van der Waals surface area contributed by atoms with Crippen LogP contribution in [0.15, 0.2) is 24.3 Å². The molecule has 0 radical (unpaired) electrons. The Balaban J connectivity index is 1.56. The predicted octanol–water partition coefficient (Wildman–Crippen LogP) is 3.37. The number of carbonyl (C=O) groups is 1. The van der Waals surface area contributed by atoms with Crippen molar-refractivity contribution in [2.75, 3.05) is 13.1 Å². The standard InChI is InChI=1S/C20H29FN2O2/c1-19(2)13-17(20(3,4)25-19)22-14-9-11-23(12-10-14)18(24)15-7-5-6-8-16(15)21/h5-8,14,17,22H,9-13H2,1-4H3. The van der Waals surface area contributed by atoms with Gasteiger partial charge in [0, 0.05) is 25.2 Å². The third-order valence-corrected chi connectivity index (χ3v) is 5.40. The highest BCUT2D eigenvalue weighted by molar-refractivity contribution is 5.94. The second kappa shape index (κ2) is 6.69. The molecule has 0 aliphatic carbocycles. The molecule has 1 unspecified atom stereocenters. The Hall–Kier alpha value is -1.46. The van der Waals surface area contributed by atoms with Crippen molar-refractivity contribution in [2.45, 2.75) is 70.2 Å². The Kier molecular flexibility index (Phi) is 4.91. The molecule has 2 heterocycles. The summed E-state index contributed by atoms with van der Waals surface area (Å²) in [5, 5.41) is 3.74. The molecule has 5 heteroatoms. The van der Waals surface area contributed by atoms with Crippen LogP contribution in [0, 0.1) is 5.82 Å². The molecule has 2 fully saturated rings. The minimum absolute atomic E-state index is 0.108. The van der Waals surface area contributed by atoms with Crippen molar-refractivity contribution < 1.29 is 13.9 Å². The largest absolute Gasteiger partial charge is 0.368 e. The first-order chi connectivity index (χ1) is 11.7. The first-order valence-corrected chi connectivity index (χ1v) is 9.18. The number of nitrogens with zero attached hydrogens (tertiary/aromatic N) is 1. The number of hydrogen-bond donors (Lipinski definition) is 1. The Bertz CT molecular complexity index is 636. The summed E-state index contributed by atoms with van der Waals surface area (Å²) in [5.74, 6) is -0.651. The molecule has 1 aromatic rings. The van der Waals surface area contributed by atoms with Crippen LogP contribution in [0.1, 0.15) is 57.3 Å². The SMILES string of the molecule is CC1(C)CC(NC2CCN(C(=O)c3ccccc3F)CC2)C(C)(C)O1. The molecule has 4 nitrogen and oxygen atoms in total. The van der Waals surface area contributed by atoms with Gasteiger partial charge in [0.05, 0.1) is 16.8 Å². The third kappa shape index (κ3) is 4.04. The quantitative estimate of drug-likeness (QED) is 0.911. The number of ether oxygens (including phenoxy) is 1. The molecule has 2 aliphatic heterocycles. The third-order valence-electron chi connectivity index (χ3n) is 5.40. The first kappa shape index (κ1) is 18.3. The summed E-state index contributed by atoms with van der Waals surface area (Å²) < 4.78 is 20.0. The van der Waals surface area contributed by atoms with E-state index in [1.165, 1.54) is 6.07 Å². The summed E-state index contributed by atoms with van der Waals surface area (Å²) in [5.41, 5.74) is -0.132. The van der Waals surface area contributed by atoms with Crippen LogP contribution in [0.2, 0.25) is 0 Å². The molecule has 138 valence electrons. The van der Waals surface area contributed by atoms with Crippen molar-refractivity contribution in [1.29, 1.82) is 0 Å². The van der Waals surface area contributed by atoms with E-state index in [-0.39, 0.29) is 22.7 Å². The minimum Gasteiger partial charge on any atom is -0.368 e. The second-order valence-corrected chi connectivity index (χ2v) is 8.43. The van der Waals surface area contributed by atoms with Crippen LogP contribution in [0.4, 0.5) is 4.39 Å². The molecule has 2 aliphatic rings. The van der Waals surface area contributed by atoms with Crippen molar-refractivity contribution in [3.8, 4) is 0 Å². The first-order valence-electron chi connectivity index (χ1n) is 9.18. The van der Waals surface area contributed by atoms with Crippen LogP contribution in [-0.4, -0.2) is 47.2 Å². The Morgan fingerprint density at radius 3 is 2.40 bits per heavy atom. The zero-order valence-electron chi connectivity index (χ0n) is 15.6. The molecule has 0 bridgehead atoms. The number of carbonyl (C=O) groups excluding carboxylic acids is 1. The summed E-state index contributed by atoms with van der Waals surface area (Å²) in [7, 11) is 0. The van der Waals surface area contributed by atoms with Crippen LogP contribution >= 0.6 is 0 Å². The normalized spacial score (nSPS) is 26.0. The van der Waals surface area contributed by atoms with E-state index in [0.29, 0.717) is 25.2 Å². The van der Waals surface area contributed by atoms with Gasteiger partial charge in [0.2, 0.25) is 0 Å². The number of piperidine rings is 1. The molecule has 0 aromatic heterocycles. The van der Waals surface area contributed by atoms with Gasteiger partial charge >= 0.3 is 0 Å². The Morgan fingerprint density at radius 2 is 1.84 bits per heavy atom. The Morgan fingerprint density at radius 1 is 1.20 bits per heavy atom. The molecule has 1 aromatic carbocycles. The predicted molar refractivity (Wildman–Crippen MR) is 96.1 cm³/mol. The van der Waals surface area contributed by atoms with Crippen molar-refractivity contribution in [3.05, 3.63) is 35.6 Å². The average molecular weight is 348 g/mol. The summed E-state index contributed by atoms with van der Waals surface area (Å²) in [6.45, 7) is 9.84.